The highest BCUT2D eigenvalue weighted by atomic mass is 19.4. The summed E-state index contributed by atoms with van der Waals surface area (Å²) < 4.78 is 44.3. The van der Waals surface area contributed by atoms with Crippen LogP contribution in [0.15, 0.2) is 18.2 Å². The molecular formula is C13H13F3N2O2. The van der Waals surface area contributed by atoms with Crippen LogP contribution < -0.4 is 0 Å². The van der Waals surface area contributed by atoms with Crippen molar-refractivity contribution in [1.29, 1.82) is 0 Å². The predicted octanol–water partition coefficient (Wildman–Crippen LogP) is 2.70. The fourth-order valence-electron chi connectivity index (χ4n) is 1.93. The number of aromatic nitrogens is 2. The second kappa shape index (κ2) is 5.15. The molecule has 0 aliphatic rings. The molecule has 0 radical (unpaired) electrons. The third kappa shape index (κ3) is 2.76. The second-order valence-corrected chi connectivity index (χ2v) is 4.27. The number of hydrogen-bond acceptors (Lipinski definition) is 3. The Balaban J connectivity index is 2.39. The van der Waals surface area contributed by atoms with Gasteiger partial charge in [0.2, 0.25) is 0 Å². The summed E-state index contributed by atoms with van der Waals surface area (Å²) in [6.07, 6.45) is -4.48. The van der Waals surface area contributed by atoms with Crippen LogP contribution in [0.4, 0.5) is 13.2 Å². The molecule has 0 unspecified atom stereocenters. The number of carbonyl (C=O) groups is 1. The largest absolute Gasteiger partial charge is 0.466 e. The molecule has 0 spiro atoms. The van der Waals surface area contributed by atoms with Gasteiger partial charge in [-0.3, -0.25) is 4.79 Å². The minimum atomic E-state index is -4.41. The monoisotopic (exact) mass is 286 g/mol. The first-order chi connectivity index (χ1) is 9.32. The lowest BCUT2D eigenvalue weighted by atomic mass is 10.2. The molecule has 108 valence electrons. The molecule has 7 heteroatoms. The van der Waals surface area contributed by atoms with E-state index in [1.807, 2.05) is 0 Å². The highest BCUT2D eigenvalue weighted by Gasteiger charge is 2.31. The van der Waals surface area contributed by atoms with E-state index in [1.54, 1.807) is 18.5 Å². The number of hydrogen-bond donors (Lipinski definition) is 0. The van der Waals surface area contributed by atoms with E-state index in [0.717, 1.165) is 12.1 Å². The number of imidazole rings is 1. The van der Waals surface area contributed by atoms with Crippen LogP contribution in [0.5, 0.6) is 0 Å². The van der Waals surface area contributed by atoms with Crippen LogP contribution in [0.1, 0.15) is 18.3 Å². The van der Waals surface area contributed by atoms with Crippen LogP contribution >= 0.6 is 0 Å². The molecule has 0 aliphatic carbocycles. The molecule has 0 N–H and O–H groups in total. The van der Waals surface area contributed by atoms with E-state index in [2.05, 4.69) is 4.98 Å². The highest BCUT2D eigenvalue weighted by molar-refractivity contribution is 5.79. The Bertz CT molecular complexity index is 647. The number of rotatable bonds is 3. The number of esters is 1. The average molecular weight is 286 g/mol. The second-order valence-electron chi connectivity index (χ2n) is 4.27. The van der Waals surface area contributed by atoms with Crippen molar-refractivity contribution < 1.29 is 22.7 Å². The number of benzene rings is 1. The SMILES string of the molecule is CCOC(=O)Cc1nc2cc(C(F)(F)F)ccc2n1C. The molecule has 0 atom stereocenters. The third-order valence-corrected chi connectivity index (χ3v) is 2.91. The molecule has 2 rings (SSSR count). The van der Waals surface area contributed by atoms with Crippen LogP contribution in [0.25, 0.3) is 11.0 Å². The van der Waals surface area contributed by atoms with Crippen molar-refractivity contribution in [1.82, 2.24) is 9.55 Å². The normalized spacial score (nSPS) is 11.8. The van der Waals surface area contributed by atoms with Gasteiger partial charge in [0, 0.05) is 7.05 Å². The van der Waals surface area contributed by atoms with E-state index < -0.39 is 17.7 Å². The zero-order valence-electron chi connectivity index (χ0n) is 11.0. The maximum Gasteiger partial charge on any atom is 0.416 e. The lowest BCUT2D eigenvalue weighted by Crippen LogP contribution is -2.11. The molecule has 2 aromatic rings. The van der Waals surface area contributed by atoms with Crippen molar-refractivity contribution in [2.75, 3.05) is 6.61 Å². The van der Waals surface area contributed by atoms with Gasteiger partial charge in [0.15, 0.2) is 0 Å². The maximum absolute atomic E-state index is 12.6. The fraction of sp³-hybridized carbons (Fsp3) is 0.385. The summed E-state index contributed by atoms with van der Waals surface area (Å²) in [6.45, 7) is 1.93. The summed E-state index contributed by atoms with van der Waals surface area (Å²) >= 11 is 0. The van der Waals surface area contributed by atoms with Crippen molar-refractivity contribution in [3.05, 3.63) is 29.6 Å². The molecule has 1 aromatic heterocycles. The number of nitrogens with zero attached hydrogens (tertiary/aromatic N) is 2. The molecule has 1 heterocycles. The van der Waals surface area contributed by atoms with Crippen LogP contribution in [0.3, 0.4) is 0 Å². The minimum absolute atomic E-state index is 0.0691. The Morgan fingerprint density at radius 3 is 2.70 bits per heavy atom. The van der Waals surface area contributed by atoms with Gasteiger partial charge in [0.25, 0.3) is 0 Å². The van der Waals surface area contributed by atoms with E-state index in [-0.39, 0.29) is 18.5 Å². The van der Waals surface area contributed by atoms with Gasteiger partial charge in [0.05, 0.1) is 23.2 Å². The molecule has 0 fully saturated rings. The highest BCUT2D eigenvalue weighted by Crippen LogP contribution is 2.31. The van der Waals surface area contributed by atoms with E-state index in [0.29, 0.717) is 11.3 Å². The number of alkyl halides is 3. The lowest BCUT2D eigenvalue weighted by Gasteiger charge is -2.05. The molecule has 0 aliphatic heterocycles. The number of aryl methyl sites for hydroxylation is 1. The average Bonchev–Trinajstić information content (AvgIpc) is 2.65. The first-order valence-corrected chi connectivity index (χ1v) is 6.01. The van der Waals surface area contributed by atoms with Gasteiger partial charge in [-0.25, -0.2) is 4.98 Å². The molecule has 1 aromatic carbocycles. The third-order valence-electron chi connectivity index (χ3n) is 2.91. The van der Waals surface area contributed by atoms with Gasteiger partial charge in [-0.1, -0.05) is 0 Å². The molecule has 20 heavy (non-hydrogen) atoms. The van der Waals surface area contributed by atoms with Crippen molar-refractivity contribution in [3.8, 4) is 0 Å². The lowest BCUT2D eigenvalue weighted by molar-refractivity contribution is -0.142. The first kappa shape index (κ1) is 14.4. The number of halogens is 3. The van der Waals surface area contributed by atoms with Crippen LogP contribution in [-0.4, -0.2) is 22.1 Å². The van der Waals surface area contributed by atoms with E-state index in [9.17, 15) is 18.0 Å². The topological polar surface area (TPSA) is 44.1 Å². The Labute approximate surface area is 113 Å². The summed E-state index contributed by atoms with van der Waals surface area (Å²) in [5.74, 6) is -0.0836. The van der Waals surface area contributed by atoms with Crippen LogP contribution in [0.2, 0.25) is 0 Å². The fourth-order valence-corrected chi connectivity index (χ4v) is 1.93. The smallest absolute Gasteiger partial charge is 0.416 e. The predicted molar refractivity (Wildman–Crippen MR) is 66.1 cm³/mol. The summed E-state index contributed by atoms with van der Waals surface area (Å²) in [5, 5.41) is 0. The number of carbonyl (C=O) groups excluding carboxylic acids is 1. The zero-order valence-corrected chi connectivity index (χ0v) is 11.0. The van der Waals surface area contributed by atoms with Crippen molar-refractivity contribution in [2.45, 2.75) is 19.5 Å². The van der Waals surface area contributed by atoms with Crippen molar-refractivity contribution in [2.24, 2.45) is 7.05 Å². The number of fused-ring (bicyclic) bond motifs is 1. The molecule has 0 bridgehead atoms. The van der Waals surface area contributed by atoms with E-state index in [4.69, 9.17) is 4.74 Å². The van der Waals surface area contributed by atoms with Crippen LogP contribution in [-0.2, 0) is 29.2 Å². The Morgan fingerprint density at radius 2 is 2.10 bits per heavy atom. The molecule has 0 saturated carbocycles. The van der Waals surface area contributed by atoms with Gasteiger partial charge in [-0.2, -0.15) is 13.2 Å². The Hall–Kier alpha value is -2.05. The summed E-state index contributed by atoms with van der Waals surface area (Å²) in [6, 6.07) is 3.32. The van der Waals surface area contributed by atoms with Gasteiger partial charge >= 0.3 is 12.1 Å². The summed E-state index contributed by atoms with van der Waals surface area (Å²) in [7, 11) is 1.65. The van der Waals surface area contributed by atoms with Gasteiger partial charge in [-0.05, 0) is 25.1 Å². The molecule has 0 amide bonds. The quantitative estimate of drug-likeness (QED) is 0.815. The summed E-state index contributed by atoms with van der Waals surface area (Å²) in [4.78, 5) is 15.5. The van der Waals surface area contributed by atoms with Gasteiger partial charge in [-0.15, -0.1) is 0 Å². The minimum Gasteiger partial charge on any atom is -0.466 e. The van der Waals surface area contributed by atoms with E-state index in [1.165, 1.54) is 6.07 Å². The standard InChI is InChI=1S/C13H13F3N2O2/c1-3-20-12(19)7-11-17-9-6-8(13(14,15)16)4-5-10(9)18(11)2/h4-6H,3,7H2,1-2H3. The van der Waals surface area contributed by atoms with Gasteiger partial charge < -0.3 is 9.30 Å². The molecular weight excluding hydrogens is 273 g/mol. The van der Waals surface area contributed by atoms with E-state index >= 15 is 0 Å². The summed E-state index contributed by atoms with van der Waals surface area (Å²) in [5.41, 5.74) is -0.00953. The van der Waals surface area contributed by atoms with Crippen LogP contribution in [0, 0.1) is 0 Å². The Kier molecular flexibility index (Phi) is 3.69. The van der Waals surface area contributed by atoms with Crippen molar-refractivity contribution >= 4 is 17.0 Å². The first-order valence-electron chi connectivity index (χ1n) is 6.01. The maximum atomic E-state index is 12.6. The molecule has 4 nitrogen and oxygen atoms in total. The molecule has 0 saturated heterocycles. The van der Waals surface area contributed by atoms with Crippen molar-refractivity contribution in [3.63, 3.8) is 0 Å². The van der Waals surface area contributed by atoms with Gasteiger partial charge in [0.1, 0.15) is 12.2 Å². The number of ether oxygens (including phenoxy) is 1. The zero-order chi connectivity index (χ0) is 14.9. The Morgan fingerprint density at radius 1 is 1.40 bits per heavy atom.